The van der Waals surface area contributed by atoms with E-state index in [1.54, 1.807) is 0 Å². The third kappa shape index (κ3) is 2.13. The minimum Gasteiger partial charge on any atom is -0.377 e. The van der Waals surface area contributed by atoms with Gasteiger partial charge in [-0.1, -0.05) is 17.7 Å². The zero-order valence-electron chi connectivity index (χ0n) is 11.4. The van der Waals surface area contributed by atoms with Crippen LogP contribution in [0.2, 0.25) is 0 Å². The topological polar surface area (TPSA) is 15.7 Å². The van der Waals surface area contributed by atoms with Crippen molar-refractivity contribution in [3.63, 3.8) is 0 Å². The van der Waals surface area contributed by atoms with Crippen LogP contribution in [0.15, 0.2) is 24.3 Å². The monoisotopic (exact) mass is 246 g/mol. The maximum Gasteiger partial charge on any atom is 0.0671 e. The van der Waals surface area contributed by atoms with E-state index in [4.69, 9.17) is 4.74 Å². The summed E-state index contributed by atoms with van der Waals surface area (Å²) in [4.78, 5) is 5.07. The van der Waals surface area contributed by atoms with Crippen LogP contribution >= 0.6 is 0 Å². The van der Waals surface area contributed by atoms with Crippen molar-refractivity contribution in [1.29, 1.82) is 0 Å². The van der Waals surface area contributed by atoms with E-state index >= 15 is 0 Å². The predicted molar refractivity (Wildman–Crippen MR) is 74.2 cm³/mol. The first kappa shape index (κ1) is 12.0. The van der Waals surface area contributed by atoms with Gasteiger partial charge in [0.2, 0.25) is 0 Å². The van der Waals surface area contributed by atoms with Crippen molar-refractivity contribution in [1.82, 2.24) is 4.90 Å². The van der Waals surface area contributed by atoms with Crippen LogP contribution in [0.25, 0.3) is 0 Å². The fraction of sp³-hybridized carbons (Fsp3) is 0.600. The number of rotatable bonds is 2. The molecule has 0 spiro atoms. The van der Waals surface area contributed by atoms with Crippen molar-refractivity contribution in [2.75, 3.05) is 44.3 Å². The molecule has 3 heteroatoms. The zero-order chi connectivity index (χ0) is 12.6. The van der Waals surface area contributed by atoms with Crippen LogP contribution in [0.1, 0.15) is 12.5 Å². The molecule has 3 rings (SSSR count). The lowest BCUT2D eigenvalue weighted by molar-refractivity contribution is -0.131. The van der Waals surface area contributed by atoms with Crippen molar-refractivity contribution in [3.05, 3.63) is 29.8 Å². The van der Waals surface area contributed by atoms with Crippen LogP contribution in [0, 0.1) is 6.92 Å². The first-order valence-corrected chi connectivity index (χ1v) is 6.82. The van der Waals surface area contributed by atoms with E-state index in [0.717, 1.165) is 39.4 Å². The first-order valence-electron chi connectivity index (χ1n) is 6.82. The Balaban J connectivity index is 1.61. The Bertz CT molecular complexity index is 403. The third-order valence-electron chi connectivity index (χ3n) is 4.27. The highest BCUT2D eigenvalue weighted by Crippen LogP contribution is 2.27. The van der Waals surface area contributed by atoms with Gasteiger partial charge in [-0.25, -0.2) is 0 Å². The Labute approximate surface area is 109 Å². The van der Waals surface area contributed by atoms with E-state index in [2.05, 4.69) is 47.9 Å². The van der Waals surface area contributed by atoms with Gasteiger partial charge in [-0.2, -0.15) is 0 Å². The smallest absolute Gasteiger partial charge is 0.0671 e. The van der Waals surface area contributed by atoms with Gasteiger partial charge in [-0.05, 0) is 26.0 Å². The summed E-state index contributed by atoms with van der Waals surface area (Å²) >= 11 is 0. The lowest BCUT2D eigenvalue weighted by Crippen LogP contribution is -2.64. The second kappa shape index (κ2) is 4.56. The predicted octanol–water partition coefficient (Wildman–Crippen LogP) is 1.91. The molecule has 0 atom stereocenters. The third-order valence-corrected chi connectivity index (χ3v) is 4.27. The number of hydrogen-bond acceptors (Lipinski definition) is 3. The van der Waals surface area contributed by atoms with E-state index in [0.29, 0.717) is 5.54 Å². The van der Waals surface area contributed by atoms with Crippen molar-refractivity contribution in [2.45, 2.75) is 19.4 Å². The standard InChI is InChI=1S/C15H22N2O/c1-13-3-5-14(6-4-13)16-7-9-17(10-8-16)15(2)11-18-12-15/h3-6H,7-12H2,1-2H3. The highest BCUT2D eigenvalue weighted by molar-refractivity contribution is 5.47. The minimum absolute atomic E-state index is 0.305. The molecule has 1 aromatic rings. The van der Waals surface area contributed by atoms with Crippen LogP contribution in [0.3, 0.4) is 0 Å². The zero-order valence-corrected chi connectivity index (χ0v) is 11.4. The van der Waals surface area contributed by atoms with Crippen LogP contribution in [-0.2, 0) is 4.74 Å². The number of nitrogens with zero attached hydrogens (tertiary/aromatic N) is 2. The highest BCUT2D eigenvalue weighted by atomic mass is 16.5. The SMILES string of the molecule is Cc1ccc(N2CCN(C3(C)COC3)CC2)cc1. The lowest BCUT2D eigenvalue weighted by Gasteiger charge is -2.50. The lowest BCUT2D eigenvalue weighted by atomic mass is 9.97. The number of ether oxygens (including phenoxy) is 1. The van der Waals surface area contributed by atoms with Crippen LogP contribution in [-0.4, -0.2) is 49.8 Å². The van der Waals surface area contributed by atoms with Gasteiger partial charge in [-0.15, -0.1) is 0 Å². The Morgan fingerprint density at radius 3 is 2.11 bits per heavy atom. The number of piperazine rings is 1. The van der Waals surface area contributed by atoms with Crippen molar-refractivity contribution in [3.8, 4) is 0 Å². The molecule has 1 aromatic carbocycles. The average Bonchev–Trinajstić information content (AvgIpc) is 2.37. The fourth-order valence-corrected chi connectivity index (χ4v) is 2.84. The second-order valence-corrected chi connectivity index (χ2v) is 5.80. The summed E-state index contributed by atoms with van der Waals surface area (Å²) in [5.74, 6) is 0. The molecule has 0 aromatic heterocycles. The number of hydrogen-bond donors (Lipinski definition) is 0. The molecule has 0 amide bonds. The summed E-state index contributed by atoms with van der Waals surface area (Å²) in [6.07, 6.45) is 0. The number of aryl methyl sites for hydroxylation is 1. The van der Waals surface area contributed by atoms with Gasteiger partial charge in [-0.3, -0.25) is 4.90 Å². The number of anilines is 1. The molecule has 18 heavy (non-hydrogen) atoms. The van der Waals surface area contributed by atoms with Crippen molar-refractivity contribution < 1.29 is 4.74 Å². The minimum atomic E-state index is 0.305. The van der Waals surface area contributed by atoms with Gasteiger partial charge in [0, 0.05) is 31.9 Å². The largest absolute Gasteiger partial charge is 0.377 e. The van der Waals surface area contributed by atoms with Crippen LogP contribution < -0.4 is 4.90 Å². The second-order valence-electron chi connectivity index (χ2n) is 5.80. The maximum absolute atomic E-state index is 5.36. The van der Waals surface area contributed by atoms with E-state index < -0.39 is 0 Å². The molecular weight excluding hydrogens is 224 g/mol. The summed E-state index contributed by atoms with van der Waals surface area (Å²) in [5.41, 5.74) is 2.99. The molecule has 2 fully saturated rings. The molecule has 0 bridgehead atoms. The van der Waals surface area contributed by atoms with E-state index in [9.17, 15) is 0 Å². The summed E-state index contributed by atoms with van der Waals surface area (Å²) in [7, 11) is 0. The summed E-state index contributed by atoms with van der Waals surface area (Å²) in [5, 5.41) is 0. The molecule has 98 valence electrons. The van der Waals surface area contributed by atoms with E-state index in [1.807, 2.05) is 0 Å². The molecule has 0 aliphatic carbocycles. The van der Waals surface area contributed by atoms with Gasteiger partial charge < -0.3 is 9.64 Å². The normalized spacial score (nSPS) is 23.8. The van der Waals surface area contributed by atoms with Crippen LogP contribution in [0.4, 0.5) is 5.69 Å². The van der Waals surface area contributed by atoms with Gasteiger partial charge >= 0.3 is 0 Å². The summed E-state index contributed by atoms with van der Waals surface area (Å²) in [6.45, 7) is 10.8. The van der Waals surface area contributed by atoms with Gasteiger partial charge in [0.05, 0.1) is 18.8 Å². The molecular formula is C15H22N2O. The molecule has 2 aliphatic heterocycles. The van der Waals surface area contributed by atoms with E-state index in [-0.39, 0.29) is 0 Å². The maximum atomic E-state index is 5.36. The van der Waals surface area contributed by atoms with Crippen LogP contribution in [0.5, 0.6) is 0 Å². The molecule has 2 saturated heterocycles. The molecule has 2 heterocycles. The Morgan fingerprint density at radius 1 is 1.00 bits per heavy atom. The van der Waals surface area contributed by atoms with Gasteiger partial charge in [0.15, 0.2) is 0 Å². The fourth-order valence-electron chi connectivity index (χ4n) is 2.84. The quantitative estimate of drug-likeness (QED) is 0.793. The molecule has 0 radical (unpaired) electrons. The molecule has 2 aliphatic rings. The Kier molecular flexibility index (Phi) is 3.04. The average molecular weight is 246 g/mol. The van der Waals surface area contributed by atoms with Gasteiger partial charge in [0.1, 0.15) is 0 Å². The first-order chi connectivity index (χ1) is 8.67. The molecule has 0 unspecified atom stereocenters. The van der Waals surface area contributed by atoms with Crippen molar-refractivity contribution in [2.24, 2.45) is 0 Å². The van der Waals surface area contributed by atoms with Crippen molar-refractivity contribution >= 4 is 5.69 Å². The Hall–Kier alpha value is -1.06. The summed E-state index contributed by atoms with van der Waals surface area (Å²) in [6, 6.07) is 8.86. The summed E-state index contributed by atoms with van der Waals surface area (Å²) < 4.78 is 5.36. The van der Waals surface area contributed by atoms with Gasteiger partial charge in [0.25, 0.3) is 0 Å². The molecule has 0 N–H and O–H groups in total. The number of benzene rings is 1. The molecule has 3 nitrogen and oxygen atoms in total. The van der Waals surface area contributed by atoms with E-state index in [1.165, 1.54) is 11.3 Å². The Morgan fingerprint density at radius 2 is 1.61 bits per heavy atom. The molecule has 0 saturated carbocycles. The highest BCUT2D eigenvalue weighted by Gasteiger charge is 2.40.